The van der Waals surface area contributed by atoms with E-state index in [0.717, 1.165) is 4.88 Å². The zero-order chi connectivity index (χ0) is 21.2. The van der Waals surface area contributed by atoms with Crippen LogP contribution in [0, 0.1) is 0 Å². The van der Waals surface area contributed by atoms with Crippen molar-refractivity contribution in [3.05, 3.63) is 76.2 Å². The Bertz CT molecular complexity index is 1020. The van der Waals surface area contributed by atoms with E-state index in [1.54, 1.807) is 30.3 Å². The quantitative estimate of drug-likeness (QED) is 0.327. The Morgan fingerprint density at radius 2 is 1.66 bits per heavy atom. The predicted octanol–water partition coefficient (Wildman–Crippen LogP) is 6.84. The Balaban J connectivity index is 1.87. The molecule has 0 aliphatic carbocycles. The summed E-state index contributed by atoms with van der Waals surface area (Å²) >= 11 is 1.22. The molecule has 3 rings (SSSR count). The fourth-order valence-corrected chi connectivity index (χ4v) is 3.46. The Kier molecular flexibility index (Phi) is 5.70. The number of hydrogen-bond acceptors (Lipinski definition) is 3. The number of alkyl halides is 6. The fraction of sp³-hybridized carbons (Fsp3) is 0.150. The van der Waals surface area contributed by atoms with Gasteiger partial charge in [0.25, 0.3) is 0 Å². The van der Waals surface area contributed by atoms with Crippen molar-refractivity contribution in [2.75, 3.05) is 0 Å². The molecule has 0 saturated heterocycles. The van der Waals surface area contributed by atoms with Crippen LogP contribution in [0.3, 0.4) is 0 Å². The molecular weight excluding hydrogens is 418 g/mol. The van der Waals surface area contributed by atoms with Crippen molar-refractivity contribution >= 4 is 17.6 Å². The summed E-state index contributed by atoms with van der Waals surface area (Å²) in [7, 11) is 0. The van der Waals surface area contributed by atoms with Gasteiger partial charge in [0, 0.05) is 10.4 Å². The number of aldehydes is 1. The first kappa shape index (κ1) is 20.9. The van der Waals surface area contributed by atoms with E-state index in [2.05, 4.69) is 0 Å². The number of carbonyl (C=O) groups excluding carboxylic acids is 1. The smallest absolute Gasteiger partial charge is 0.416 e. The van der Waals surface area contributed by atoms with E-state index in [1.165, 1.54) is 17.4 Å². The van der Waals surface area contributed by atoms with Crippen molar-refractivity contribution < 1.29 is 35.9 Å². The maximum Gasteiger partial charge on any atom is 0.416 e. The van der Waals surface area contributed by atoms with Gasteiger partial charge in [0.1, 0.15) is 12.4 Å². The standard InChI is InChI=1S/C20H12F6O2S/c21-19(22,23)14-4-6-17(20(24,25)26)13(8-14)11-28-15-3-1-2-12(9-15)18-7-5-16(10-27)29-18/h1-10H,11H2. The number of halogens is 6. The molecule has 9 heteroatoms. The molecule has 0 spiro atoms. The van der Waals surface area contributed by atoms with E-state index < -0.39 is 35.6 Å². The van der Waals surface area contributed by atoms with Crippen LogP contribution in [0.4, 0.5) is 26.3 Å². The second kappa shape index (κ2) is 7.90. The van der Waals surface area contributed by atoms with Gasteiger partial charge in [0.2, 0.25) is 0 Å². The molecule has 152 valence electrons. The molecule has 0 atom stereocenters. The first-order valence-corrected chi connectivity index (χ1v) is 8.95. The van der Waals surface area contributed by atoms with Gasteiger partial charge in [-0.05, 0) is 48.0 Å². The van der Waals surface area contributed by atoms with E-state index in [4.69, 9.17) is 4.74 Å². The number of rotatable bonds is 5. The number of ether oxygens (including phenoxy) is 1. The van der Waals surface area contributed by atoms with Gasteiger partial charge in [-0.15, -0.1) is 11.3 Å². The lowest BCUT2D eigenvalue weighted by atomic mass is 10.0. The summed E-state index contributed by atoms with van der Waals surface area (Å²) in [5.74, 6) is 0.189. The van der Waals surface area contributed by atoms with E-state index in [1.807, 2.05) is 0 Å². The lowest BCUT2D eigenvalue weighted by molar-refractivity contribution is -0.142. The number of benzene rings is 2. The minimum Gasteiger partial charge on any atom is -0.489 e. The largest absolute Gasteiger partial charge is 0.489 e. The molecule has 0 aliphatic heterocycles. The van der Waals surface area contributed by atoms with Crippen LogP contribution in [0.25, 0.3) is 10.4 Å². The summed E-state index contributed by atoms with van der Waals surface area (Å²) in [6.45, 7) is -0.688. The molecular formula is C20H12F6O2S. The third-order valence-electron chi connectivity index (χ3n) is 3.99. The minimum absolute atomic E-state index is 0.189. The maximum atomic E-state index is 13.2. The Labute approximate surface area is 165 Å². The summed E-state index contributed by atoms with van der Waals surface area (Å²) < 4.78 is 83.5. The lowest BCUT2D eigenvalue weighted by Gasteiger charge is -2.16. The van der Waals surface area contributed by atoms with Gasteiger partial charge >= 0.3 is 12.4 Å². The van der Waals surface area contributed by atoms with E-state index >= 15 is 0 Å². The summed E-state index contributed by atoms with van der Waals surface area (Å²) in [4.78, 5) is 12.1. The molecule has 2 nitrogen and oxygen atoms in total. The first-order chi connectivity index (χ1) is 13.6. The predicted molar refractivity (Wildman–Crippen MR) is 95.9 cm³/mol. The molecule has 0 radical (unpaired) electrons. The highest BCUT2D eigenvalue weighted by atomic mass is 32.1. The average Bonchev–Trinajstić information content (AvgIpc) is 3.14. The van der Waals surface area contributed by atoms with Gasteiger partial charge < -0.3 is 4.74 Å². The Morgan fingerprint density at radius 1 is 0.897 bits per heavy atom. The van der Waals surface area contributed by atoms with E-state index in [-0.39, 0.29) is 5.75 Å². The van der Waals surface area contributed by atoms with Crippen molar-refractivity contribution in [1.29, 1.82) is 0 Å². The van der Waals surface area contributed by atoms with Crippen LogP contribution in [0.1, 0.15) is 26.4 Å². The zero-order valence-corrected chi connectivity index (χ0v) is 15.3. The first-order valence-electron chi connectivity index (χ1n) is 8.13. The number of hydrogen-bond donors (Lipinski definition) is 0. The highest BCUT2D eigenvalue weighted by Crippen LogP contribution is 2.37. The summed E-state index contributed by atoms with van der Waals surface area (Å²) in [5, 5.41) is 0. The molecule has 0 fully saturated rings. The van der Waals surface area contributed by atoms with Crippen LogP contribution < -0.4 is 4.74 Å². The van der Waals surface area contributed by atoms with Crippen molar-refractivity contribution in [2.24, 2.45) is 0 Å². The molecule has 0 amide bonds. The minimum atomic E-state index is -4.81. The normalized spacial score (nSPS) is 12.1. The van der Waals surface area contributed by atoms with Crippen LogP contribution in [0.2, 0.25) is 0 Å². The van der Waals surface area contributed by atoms with Crippen molar-refractivity contribution in [3.63, 3.8) is 0 Å². The number of carbonyl (C=O) groups is 1. The second-order valence-electron chi connectivity index (χ2n) is 6.00. The lowest BCUT2D eigenvalue weighted by Crippen LogP contribution is -2.14. The molecule has 0 aliphatic rings. The zero-order valence-electron chi connectivity index (χ0n) is 14.5. The molecule has 1 heterocycles. The Hall–Kier alpha value is -2.81. The van der Waals surface area contributed by atoms with Gasteiger partial charge in [-0.1, -0.05) is 12.1 Å². The van der Waals surface area contributed by atoms with Crippen molar-refractivity contribution in [1.82, 2.24) is 0 Å². The van der Waals surface area contributed by atoms with Crippen LogP contribution in [0.15, 0.2) is 54.6 Å². The van der Waals surface area contributed by atoms with Crippen LogP contribution in [-0.2, 0) is 19.0 Å². The SMILES string of the molecule is O=Cc1ccc(-c2cccc(OCc3cc(C(F)(F)F)ccc3C(F)(F)F)c2)s1. The van der Waals surface area contributed by atoms with Gasteiger partial charge in [-0.3, -0.25) is 4.79 Å². The maximum absolute atomic E-state index is 13.2. The molecule has 0 N–H and O–H groups in total. The average molecular weight is 430 g/mol. The fourth-order valence-electron chi connectivity index (χ4n) is 2.64. The molecule has 0 bridgehead atoms. The van der Waals surface area contributed by atoms with E-state index in [9.17, 15) is 31.1 Å². The number of thiophene rings is 1. The molecule has 0 saturated carbocycles. The summed E-state index contributed by atoms with van der Waals surface area (Å²) in [6.07, 6.45) is -8.89. The molecule has 29 heavy (non-hydrogen) atoms. The third kappa shape index (κ3) is 4.97. The van der Waals surface area contributed by atoms with Gasteiger partial charge in [0.05, 0.1) is 16.0 Å². The van der Waals surface area contributed by atoms with Crippen LogP contribution in [-0.4, -0.2) is 6.29 Å². The van der Waals surface area contributed by atoms with Crippen LogP contribution in [0.5, 0.6) is 5.75 Å². The molecule has 1 aromatic heterocycles. The summed E-state index contributed by atoms with van der Waals surface area (Å²) in [6, 6.07) is 10.9. The van der Waals surface area contributed by atoms with E-state index in [0.29, 0.717) is 34.9 Å². The highest BCUT2D eigenvalue weighted by Gasteiger charge is 2.37. The molecule has 0 unspecified atom stereocenters. The second-order valence-corrected chi connectivity index (χ2v) is 7.12. The Morgan fingerprint density at radius 3 is 2.28 bits per heavy atom. The molecule has 2 aromatic carbocycles. The van der Waals surface area contributed by atoms with Gasteiger partial charge in [-0.25, -0.2) is 0 Å². The topological polar surface area (TPSA) is 26.3 Å². The highest BCUT2D eigenvalue weighted by molar-refractivity contribution is 7.17. The van der Waals surface area contributed by atoms with Gasteiger partial charge in [-0.2, -0.15) is 26.3 Å². The van der Waals surface area contributed by atoms with Crippen LogP contribution >= 0.6 is 11.3 Å². The molecule has 3 aromatic rings. The van der Waals surface area contributed by atoms with Crippen molar-refractivity contribution in [3.8, 4) is 16.2 Å². The monoisotopic (exact) mass is 430 g/mol. The van der Waals surface area contributed by atoms with Gasteiger partial charge in [0.15, 0.2) is 6.29 Å². The third-order valence-corrected chi connectivity index (χ3v) is 5.05. The summed E-state index contributed by atoms with van der Waals surface area (Å²) in [5.41, 5.74) is -2.31. The van der Waals surface area contributed by atoms with Crippen molar-refractivity contribution in [2.45, 2.75) is 19.0 Å².